The van der Waals surface area contributed by atoms with E-state index in [0.717, 1.165) is 12.8 Å². The van der Waals surface area contributed by atoms with Gasteiger partial charge in [0.2, 0.25) is 5.91 Å². The Balaban J connectivity index is 2.29. The third-order valence-corrected chi connectivity index (χ3v) is 4.18. The molecule has 0 bridgehead atoms. The number of benzene rings is 1. The molecule has 0 unspecified atom stereocenters. The van der Waals surface area contributed by atoms with Gasteiger partial charge < -0.3 is 5.32 Å². The monoisotopic (exact) mass is 315 g/mol. The number of carbonyl (C=O) groups is 1. The van der Waals surface area contributed by atoms with Crippen molar-refractivity contribution in [1.29, 1.82) is 0 Å². The molecule has 0 saturated carbocycles. The molecule has 0 fully saturated rings. The van der Waals surface area contributed by atoms with Crippen molar-refractivity contribution in [3.63, 3.8) is 0 Å². The average Bonchev–Trinajstić information content (AvgIpc) is 2.49. The number of carbonyl (C=O) groups excluding carboxylic acids is 1. The minimum Gasteiger partial charge on any atom is -0.351 e. The first-order valence-corrected chi connectivity index (χ1v) is 9.00. The third-order valence-electron chi connectivity index (χ3n) is 4.18. The van der Waals surface area contributed by atoms with Crippen LogP contribution in [0.15, 0.2) is 24.3 Å². The van der Waals surface area contributed by atoms with Crippen LogP contribution in [0.25, 0.3) is 0 Å². The molecular weight excluding hydrogens is 282 g/mol. The summed E-state index contributed by atoms with van der Waals surface area (Å²) >= 11 is 0. The Labute approximate surface area is 143 Å². The van der Waals surface area contributed by atoms with Crippen molar-refractivity contribution in [3.8, 4) is 0 Å². The molecule has 0 aliphatic carbocycles. The van der Waals surface area contributed by atoms with Gasteiger partial charge in [0, 0.05) is 12.5 Å². The maximum atomic E-state index is 11.1. The van der Waals surface area contributed by atoms with Crippen molar-refractivity contribution in [2.24, 2.45) is 0 Å². The van der Waals surface area contributed by atoms with E-state index in [1.165, 1.54) is 63.0 Å². The minimum absolute atomic E-state index is 0.0794. The van der Waals surface area contributed by atoms with Gasteiger partial charge >= 0.3 is 0 Å². The highest BCUT2D eigenvalue weighted by atomic mass is 16.1. The predicted molar refractivity (Wildman–Crippen MR) is 99.1 cm³/mol. The fraction of sp³-hybridized carbons (Fsp3) is 0.571. The minimum atomic E-state index is -0.636. The highest BCUT2D eigenvalue weighted by Gasteiger charge is 2.18. The van der Waals surface area contributed by atoms with Crippen LogP contribution >= 0.6 is 0 Å². The van der Waals surface area contributed by atoms with Crippen LogP contribution in [-0.4, -0.2) is 11.4 Å². The summed E-state index contributed by atoms with van der Waals surface area (Å²) in [5.74, 6) is -0.0794. The summed E-state index contributed by atoms with van der Waals surface area (Å²) in [4.78, 5) is 11.1. The average molecular weight is 316 g/mol. The summed E-state index contributed by atoms with van der Waals surface area (Å²) in [5.41, 5.74) is 2.06. The molecule has 0 heterocycles. The molecule has 1 aromatic rings. The third kappa shape index (κ3) is 9.43. The molecule has 2 nitrogen and oxygen atoms in total. The fourth-order valence-corrected chi connectivity index (χ4v) is 2.80. The van der Waals surface area contributed by atoms with Gasteiger partial charge in [-0.05, 0) is 50.7 Å². The van der Waals surface area contributed by atoms with E-state index in [2.05, 4.69) is 50.4 Å². The van der Waals surface area contributed by atoms with Crippen molar-refractivity contribution in [2.45, 2.75) is 77.2 Å². The van der Waals surface area contributed by atoms with Gasteiger partial charge in [0.1, 0.15) is 0 Å². The second-order valence-electron chi connectivity index (χ2n) is 6.80. The predicted octanol–water partition coefficient (Wildman–Crippen LogP) is 5.07. The Bertz CT molecular complexity index is 447. The van der Waals surface area contributed by atoms with Crippen LogP contribution in [0.2, 0.25) is 0 Å². The normalized spacial score (nSPS) is 11.5. The van der Waals surface area contributed by atoms with Crippen molar-refractivity contribution in [1.82, 2.24) is 5.32 Å². The lowest BCUT2D eigenvalue weighted by atomic mass is 9.94. The number of amides is 1. The molecule has 0 spiro atoms. The van der Waals surface area contributed by atoms with E-state index in [-0.39, 0.29) is 5.91 Å². The molecule has 0 aliphatic rings. The van der Waals surface area contributed by atoms with Crippen LogP contribution in [-0.2, 0) is 17.6 Å². The van der Waals surface area contributed by atoms with E-state index < -0.39 is 5.54 Å². The molecule has 2 radical (unpaired) electrons. The Morgan fingerprint density at radius 3 is 2.04 bits per heavy atom. The summed E-state index contributed by atoms with van der Waals surface area (Å²) < 4.78 is 0. The Morgan fingerprint density at radius 2 is 1.48 bits per heavy atom. The molecule has 1 N–H and O–H groups in total. The zero-order valence-corrected chi connectivity index (χ0v) is 15.0. The van der Waals surface area contributed by atoms with Gasteiger partial charge in [-0.15, -0.1) is 0 Å². The molecule has 128 valence electrons. The van der Waals surface area contributed by atoms with Crippen LogP contribution in [0.3, 0.4) is 0 Å². The zero-order valence-electron chi connectivity index (χ0n) is 15.0. The SMILES string of the molecule is [CH2]C([CH2])(CCc1ccc(CCCCCCCC)cc1)NC(C)=O. The molecule has 1 rings (SSSR count). The quantitative estimate of drug-likeness (QED) is 0.568. The largest absolute Gasteiger partial charge is 0.351 e. The first kappa shape index (κ1) is 19.7. The number of hydrogen-bond donors (Lipinski definition) is 1. The molecular formula is C21H33NO. The molecule has 1 aromatic carbocycles. The fourth-order valence-electron chi connectivity index (χ4n) is 2.80. The molecule has 0 aliphatic heterocycles. The number of unbranched alkanes of at least 4 members (excludes halogenated alkanes) is 5. The summed E-state index contributed by atoms with van der Waals surface area (Å²) in [6, 6.07) is 8.84. The van der Waals surface area contributed by atoms with Crippen molar-refractivity contribution < 1.29 is 4.79 Å². The summed E-state index contributed by atoms with van der Waals surface area (Å²) in [6.07, 6.45) is 10.8. The lowest BCUT2D eigenvalue weighted by Gasteiger charge is -2.25. The number of rotatable bonds is 11. The topological polar surface area (TPSA) is 29.1 Å². The summed E-state index contributed by atoms with van der Waals surface area (Å²) in [5, 5.41) is 2.79. The maximum absolute atomic E-state index is 11.1. The molecule has 23 heavy (non-hydrogen) atoms. The second-order valence-corrected chi connectivity index (χ2v) is 6.80. The highest BCUT2D eigenvalue weighted by Crippen LogP contribution is 2.15. The smallest absolute Gasteiger partial charge is 0.217 e. The Hall–Kier alpha value is -1.31. The van der Waals surface area contributed by atoms with Crippen molar-refractivity contribution in [2.75, 3.05) is 0 Å². The number of nitrogens with one attached hydrogen (secondary N) is 1. The van der Waals surface area contributed by atoms with Crippen LogP contribution in [0.5, 0.6) is 0 Å². The van der Waals surface area contributed by atoms with Gasteiger partial charge in [-0.25, -0.2) is 0 Å². The van der Waals surface area contributed by atoms with Gasteiger partial charge in [0.05, 0.1) is 0 Å². The van der Waals surface area contributed by atoms with Crippen molar-refractivity contribution >= 4 is 5.91 Å². The van der Waals surface area contributed by atoms with E-state index in [4.69, 9.17) is 0 Å². The van der Waals surface area contributed by atoms with Crippen LogP contribution in [0.4, 0.5) is 0 Å². The summed E-state index contributed by atoms with van der Waals surface area (Å²) in [7, 11) is 0. The van der Waals surface area contributed by atoms with E-state index in [9.17, 15) is 4.79 Å². The van der Waals surface area contributed by atoms with Gasteiger partial charge in [-0.2, -0.15) is 0 Å². The first-order valence-electron chi connectivity index (χ1n) is 9.00. The lowest BCUT2D eigenvalue weighted by molar-refractivity contribution is -0.120. The molecule has 2 heteroatoms. The van der Waals surface area contributed by atoms with E-state index in [0.29, 0.717) is 0 Å². The van der Waals surface area contributed by atoms with Gasteiger partial charge in [0.25, 0.3) is 0 Å². The maximum Gasteiger partial charge on any atom is 0.217 e. The lowest BCUT2D eigenvalue weighted by Crippen LogP contribution is -2.43. The van der Waals surface area contributed by atoms with Gasteiger partial charge in [-0.1, -0.05) is 63.3 Å². The zero-order chi connectivity index (χ0) is 17.1. The van der Waals surface area contributed by atoms with Crippen molar-refractivity contribution in [3.05, 3.63) is 49.2 Å². The van der Waals surface area contributed by atoms with Gasteiger partial charge in [-0.3, -0.25) is 4.79 Å². The van der Waals surface area contributed by atoms with Crippen LogP contribution < -0.4 is 5.32 Å². The summed E-state index contributed by atoms with van der Waals surface area (Å²) in [6.45, 7) is 11.7. The Kier molecular flexibility index (Phi) is 8.98. The number of hydrogen-bond acceptors (Lipinski definition) is 1. The Morgan fingerprint density at radius 1 is 0.957 bits per heavy atom. The standard InChI is InChI=1S/C21H33NO/c1-5-6-7-8-9-10-11-19-12-14-20(15-13-19)16-17-21(3,4)22-18(2)23/h12-15H,3-11,16-17H2,1-2H3,(H,22,23). The highest BCUT2D eigenvalue weighted by molar-refractivity contribution is 5.74. The second kappa shape index (κ2) is 10.5. The van der Waals surface area contributed by atoms with E-state index in [1.807, 2.05) is 0 Å². The van der Waals surface area contributed by atoms with Crippen LogP contribution in [0, 0.1) is 13.8 Å². The number of aryl methyl sites for hydroxylation is 2. The van der Waals surface area contributed by atoms with Crippen LogP contribution in [0.1, 0.15) is 69.9 Å². The molecule has 0 aromatic heterocycles. The van der Waals surface area contributed by atoms with E-state index in [1.54, 1.807) is 0 Å². The van der Waals surface area contributed by atoms with Gasteiger partial charge in [0.15, 0.2) is 0 Å². The first-order chi connectivity index (χ1) is 10.9. The molecule has 1 amide bonds. The molecule has 0 atom stereocenters. The van der Waals surface area contributed by atoms with E-state index >= 15 is 0 Å². The molecule has 0 saturated heterocycles.